The van der Waals surface area contributed by atoms with Gasteiger partial charge in [0.1, 0.15) is 0 Å². The van der Waals surface area contributed by atoms with Crippen LogP contribution < -0.4 is 0 Å². The molecule has 0 aromatic rings. The lowest BCUT2D eigenvalue weighted by Crippen LogP contribution is -2.27. The Labute approximate surface area is 82.9 Å². The first-order chi connectivity index (χ1) is 6.54. The summed E-state index contributed by atoms with van der Waals surface area (Å²) in [7, 11) is 0.946. The molecule has 0 atom stereocenters. The Morgan fingerprint density at radius 3 is 2.57 bits per heavy atom. The summed E-state index contributed by atoms with van der Waals surface area (Å²) in [6.45, 7) is 2.03. The number of hydrogen-bond donors (Lipinski definition) is 0. The molecule has 0 bridgehead atoms. The summed E-state index contributed by atoms with van der Waals surface area (Å²) in [5, 5.41) is 0. The highest BCUT2D eigenvalue weighted by Crippen LogP contribution is 2.17. The SMILES string of the molecule is CCCCC/C=C\C(F)(F)C(=O)OC. The molecule has 0 unspecified atom stereocenters. The minimum Gasteiger partial charge on any atom is -0.464 e. The third kappa shape index (κ3) is 4.94. The van der Waals surface area contributed by atoms with Gasteiger partial charge in [-0.3, -0.25) is 0 Å². The van der Waals surface area contributed by atoms with E-state index < -0.39 is 11.9 Å². The first-order valence-electron chi connectivity index (χ1n) is 4.68. The molecule has 0 spiro atoms. The molecule has 0 fully saturated rings. The zero-order chi connectivity index (χ0) is 11.0. The maximum absolute atomic E-state index is 12.8. The number of unbranched alkanes of at least 4 members (excludes halogenated alkanes) is 3. The number of methoxy groups -OCH3 is 1. The summed E-state index contributed by atoms with van der Waals surface area (Å²) in [4.78, 5) is 10.5. The highest BCUT2D eigenvalue weighted by atomic mass is 19.3. The average molecular weight is 206 g/mol. The van der Waals surface area contributed by atoms with Crippen molar-refractivity contribution in [2.24, 2.45) is 0 Å². The van der Waals surface area contributed by atoms with Gasteiger partial charge >= 0.3 is 11.9 Å². The molecule has 0 aromatic carbocycles. The van der Waals surface area contributed by atoms with E-state index in [1.54, 1.807) is 0 Å². The summed E-state index contributed by atoms with van der Waals surface area (Å²) in [6, 6.07) is 0. The first-order valence-corrected chi connectivity index (χ1v) is 4.68. The van der Waals surface area contributed by atoms with E-state index in [0.717, 1.165) is 26.4 Å². The van der Waals surface area contributed by atoms with E-state index in [1.165, 1.54) is 6.08 Å². The van der Waals surface area contributed by atoms with Crippen molar-refractivity contribution >= 4 is 5.97 Å². The van der Waals surface area contributed by atoms with Gasteiger partial charge in [-0.2, -0.15) is 8.78 Å². The van der Waals surface area contributed by atoms with Gasteiger partial charge in [0.05, 0.1) is 7.11 Å². The fourth-order valence-corrected chi connectivity index (χ4v) is 0.948. The molecule has 0 aliphatic heterocycles. The second kappa shape index (κ2) is 6.51. The predicted octanol–water partition coefficient (Wildman–Crippen LogP) is 2.93. The molecule has 2 nitrogen and oxygen atoms in total. The molecule has 0 saturated heterocycles. The number of ether oxygens (including phenoxy) is 1. The van der Waals surface area contributed by atoms with E-state index in [2.05, 4.69) is 4.74 Å². The van der Waals surface area contributed by atoms with E-state index in [1.807, 2.05) is 6.92 Å². The topological polar surface area (TPSA) is 26.3 Å². The Hall–Kier alpha value is -0.930. The lowest BCUT2D eigenvalue weighted by atomic mass is 10.2. The third-order valence-electron chi connectivity index (χ3n) is 1.76. The van der Waals surface area contributed by atoms with Crippen molar-refractivity contribution in [2.45, 2.75) is 38.5 Å². The quantitative estimate of drug-likeness (QED) is 0.379. The van der Waals surface area contributed by atoms with E-state index in [0.29, 0.717) is 12.5 Å². The van der Waals surface area contributed by atoms with E-state index >= 15 is 0 Å². The van der Waals surface area contributed by atoms with Crippen LogP contribution in [0.5, 0.6) is 0 Å². The number of rotatable bonds is 6. The Morgan fingerprint density at radius 1 is 1.43 bits per heavy atom. The molecule has 0 radical (unpaired) electrons. The second-order valence-electron chi connectivity index (χ2n) is 3.01. The van der Waals surface area contributed by atoms with Crippen molar-refractivity contribution in [1.29, 1.82) is 0 Å². The summed E-state index contributed by atoms with van der Waals surface area (Å²) in [5.74, 6) is -5.00. The fourth-order valence-electron chi connectivity index (χ4n) is 0.948. The maximum Gasteiger partial charge on any atom is 0.381 e. The average Bonchev–Trinajstić information content (AvgIpc) is 2.16. The maximum atomic E-state index is 12.8. The molecule has 82 valence electrons. The summed E-state index contributed by atoms with van der Waals surface area (Å²) in [5.41, 5.74) is 0. The van der Waals surface area contributed by atoms with Gasteiger partial charge in [-0.25, -0.2) is 4.79 Å². The lowest BCUT2D eigenvalue weighted by molar-refractivity contribution is -0.161. The highest BCUT2D eigenvalue weighted by molar-refractivity contribution is 5.79. The molecule has 4 heteroatoms. The molecule has 0 heterocycles. The Morgan fingerprint density at radius 2 is 2.07 bits per heavy atom. The zero-order valence-corrected chi connectivity index (χ0v) is 8.56. The van der Waals surface area contributed by atoms with Crippen molar-refractivity contribution in [1.82, 2.24) is 0 Å². The van der Waals surface area contributed by atoms with Gasteiger partial charge in [-0.15, -0.1) is 0 Å². The molecule has 0 amide bonds. The monoisotopic (exact) mass is 206 g/mol. The standard InChI is InChI=1S/C10H16F2O2/c1-3-4-5-6-7-8-10(11,12)9(13)14-2/h7-8H,3-6H2,1-2H3/b8-7-. The number of carbonyl (C=O) groups excluding carboxylic acids is 1. The smallest absolute Gasteiger partial charge is 0.381 e. The van der Waals surface area contributed by atoms with Gasteiger partial charge in [-0.05, 0) is 18.9 Å². The number of halogens is 2. The van der Waals surface area contributed by atoms with E-state index in [4.69, 9.17) is 0 Å². The van der Waals surface area contributed by atoms with Crippen molar-refractivity contribution in [3.63, 3.8) is 0 Å². The Kier molecular flexibility index (Phi) is 6.08. The predicted molar refractivity (Wildman–Crippen MR) is 50.2 cm³/mol. The van der Waals surface area contributed by atoms with Crippen LogP contribution in [0.2, 0.25) is 0 Å². The van der Waals surface area contributed by atoms with Gasteiger partial charge < -0.3 is 4.74 Å². The van der Waals surface area contributed by atoms with Crippen LogP contribution in [0.15, 0.2) is 12.2 Å². The largest absolute Gasteiger partial charge is 0.464 e. The van der Waals surface area contributed by atoms with Gasteiger partial charge in [0, 0.05) is 0 Å². The number of carbonyl (C=O) groups is 1. The van der Waals surface area contributed by atoms with Gasteiger partial charge in [-0.1, -0.05) is 25.8 Å². The van der Waals surface area contributed by atoms with Crippen molar-refractivity contribution < 1.29 is 18.3 Å². The number of alkyl halides is 2. The van der Waals surface area contributed by atoms with E-state index in [9.17, 15) is 13.6 Å². The molecule has 0 aliphatic carbocycles. The molecule has 14 heavy (non-hydrogen) atoms. The number of hydrogen-bond acceptors (Lipinski definition) is 2. The fraction of sp³-hybridized carbons (Fsp3) is 0.700. The van der Waals surface area contributed by atoms with Crippen LogP contribution in [-0.4, -0.2) is 19.0 Å². The molecular formula is C10H16F2O2. The summed E-state index contributed by atoms with van der Waals surface area (Å²) < 4.78 is 29.5. The number of allylic oxidation sites excluding steroid dienone is 1. The molecule has 0 N–H and O–H groups in total. The number of esters is 1. The molecule has 0 aromatic heterocycles. The minimum absolute atomic E-state index is 0.570. The summed E-state index contributed by atoms with van der Waals surface area (Å²) >= 11 is 0. The molecular weight excluding hydrogens is 190 g/mol. The van der Waals surface area contributed by atoms with Crippen LogP contribution >= 0.6 is 0 Å². The lowest BCUT2D eigenvalue weighted by Gasteiger charge is -2.07. The van der Waals surface area contributed by atoms with Crippen LogP contribution in [-0.2, 0) is 9.53 Å². The van der Waals surface area contributed by atoms with Crippen LogP contribution in [0, 0.1) is 0 Å². The Bertz CT molecular complexity index is 200. The van der Waals surface area contributed by atoms with Crippen molar-refractivity contribution in [3.8, 4) is 0 Å². The Balaban J connectivity index is 3.89. The minimum atomic E-state index is -3.49. The first kappa shape index (κ1) is 13.1. The van der Waals surface area contributed by atoms with Crippen LogP contribution in [0.3, 0.4) is 0 Å². The molecule has 0 rings (SSSR count). The van der Waals surface area contributed by atoms with Crippen molar-refractivity contribution in [2.75, 3.05) is 7.11 Å². The normalized spacial score (nSPS) is 12.0. The van der Waals surface area contributed by atoms with Gasteiger partial charge in [0.15, 0.2) is 0 Å². The van der Waals surface area contributed by atoms with Crippen LogP contribution in [0.25, 0.3) is 0 Å². The third-order valence-corrected chi connectivity index (χ3v) is 1.76. The summed E-state index contributed by atoms with van der Waals surface area (Å²) in [6.07, 6.45) is 5.42. The molecule has 0 saturated carbocycles. The zero-order valence-electron chi connectivity index (χ0n) is 8.56. The highest BCUT2D eigenvalue weighted by Gasteiger charge is 2.36. The van der Waals surface area contributed by atoms with Crippen LogP contribution in [0.1, 0.15) is 32.6 Å². The van der Waals surface area contributed by atoms with Crippen molar-refractivity contribution in [3.05, 3.63) is 12.2 Å². The van der Waals surface area contributed by atoms with Crippen LogP contribution in [0.4, 0.5) is 8.78 Å². The molecule has 0 aliphatic rings. The van der Waals surface area contributed by atoms with Gasteiger partial charge in [0.2, 0.25) is 0 Å². The van der Waals surface area contributed by atoms with Gasteiger partial charge in [0.25, 0.3) is 0 Å². The van der Waals surface area contributed by atoms with E-state index in [-0.39, 0.29) is 0 Å². The second-order valence-corrected chi connectivity index (χ2v) is 3.01.